The predicted molar refractivity (Wildman–Crippen MR) is 99.3 cm³/mol. The van der Waals surface area contributed by atoms with Crippen molar-refractivity contribution < 1.29 is 22.7 Å². The van der Waals surface area contributed by atoms with Gasteiger partial charge in [0.15, 0.2) is 6.61 Å². The van der Waals surface area contributed by atoms with Gasteiger partial charge in [0.1, 0.15) is 4.21 Å². The lowest BCUT2D eigenvalue weighted by atomic mass is 9.94. The van der Waals surface area contributed by atoms with Crippen molar-refractivity contribution in [3.8, 4) is 0 Å². The molecule has 146 valence electrons. The maximum Gasteiger partial charge on any atom is 0.307 e. The third-order valence-electron chi connectivity index (χ3n) is 4.41. The minimum Gasteiger partial charge on any atom is -0.456 e. The van der Waals surface area contributed by atoms with Crippen LogP contribution in [0.1, 0.15) is 45.4 Å². The molecule has 7 nitrogen and oxygen atoms in total. The number of esters is 1. The first kappa shape index (κ1) is 20.9. The van der Waals surface area contributed by atoms with Crippen molar-refractivity contribution in [2.24, 2.45) is 0 Å². The zero-order chi connectivity index (χ0) is 19.0. The lowest BCUT2D eigenvalue weighted by molar-refractivity contribution is -0.153. The van der Waals surface area contributed by atoms with Gasteiger partial charge in [-0.1, -0.05) is 25.3 Å². The minimum absolute atomic E-state index is 0.0621. The van der Waals surface area contributed by atoms with E-state index in [-0.39, 0.29) is 35.7 Å². The second-order valence-electron chi connectivity index (χ2n) is 6.21. The minimum atomic E-state index is -3.59. The number of nitrogens with one attached hydrogen (secondary N) is 1. The van der Waals surface area contributed by atoms with Gasteiger partial charge in [-0.3, -0.25) is 9.59 Å². The fourth-order valence-corrected chi connectivity index (χ4v) is 5.17. The van der Waals surface area contributed by atoms with Crippen LogP contribution in [0.2, 0.25) is 0 Å². The van der Waals surface area contributed by atoms with Crippen LogP contribution in [0, 0.1) is 0 Å². The van der Waals surface area contributed by atoms with E-state index in [2.05, 4.69) is 4.72 Å². The van der Waals surface area contributed by atoms with Gasteiger partial charge in [0.2, 0.25) is 10.0 Å². The number of carbonyl (C=O) groups excluding carboxylic acids is 2. The van der Waals surface area contributed by atoms with Crippen LogP contribution < -0.4 is 4.72 Å². The molecule has 2 rings (SSSR count). The summed E-state index contributed by atoms with van der Waals surface area (Å²) in [6.45, 7) is 2.17. The van der Waals surface area contributed by atoms with Crippen LogP contribution >= 0.6 is 11.3 Å². The van der Waals surface area contributed by atoms with Gasteiger partial charge in [-0.25, -0.2) is 13.1 Å². The van der Waals surface area contributed by atoms with Gasteiger partial charge in [-0.15, -0.1) is 11.3 Å². The number of nitrogens with zero attached hydrogens (tertiary/aromatic N) is 1. The molecule has 1 N–H and O–H groups in total. The van der Waals surface area contributed by atoms with Gasteiger partial charge in [0, 0.05) is 19.1 Å². The van der Waals surface area contributed by atoms with E-state index >= 15 is 0 Å². The number of amides is 1. The van der Waals surface area contributed by atoms with E-state index in [4.69, 9.17) is 4.74 Å². The number of sulfonamides is 1. The van der Waals surface area contributed by atoms with E-state index in [1.54, 1.807) is 16.3 Å². The molecule has 9 heteroatoms. The van der Waals surface area contributed by atoms with E-state index in [9.17, 15) is 18.0 Å². The molecule has 1 aliphatic rings. The molecule has 0 bridgehead atoms. The highest BCUT2D eigenvalue weighted by atomic mass is 32.2. The molecule has 0 spiro atoms. The molecule has 0 aliphatic heterocycles. The average Bonchev–Trinajstić information content (AvgIpc) is 3.17. The molecule has 1 aliphatic carbocycles. The highest BCUT2D eigenvalue weighted by molar-refractivity contribution is 7.91. The van der Waals surface area contributed by atoms with Crippen LogP contribution in [-0.2, 0) is 24.3 Å². The van der Waals surface area contributed by atoms with E-state index in [1.165, 1.54) is 12.5 Å². The Hall–Kier alpha value is -1.45. The smallest absolute Gasteiger partial charge is 0.307 e. The summed E-state index contributed by atoms with van der Waals surface area (Å²) in [5, 5.41) is 1.67. The SMILES string of the molecule is CCN(C(=O)COC(=O)CCNS(=O)(=O)c1cccs1)C1CCCCC1. The van der Waals surface area contributed by atoms with Crippen molar-refractivity contribution in [1.82, 2.24) is 9.62 Å². The van der Waals surface area contributed by atoms with Crippen molar-refractivity contribution in [3.63, 3.8) is 0 Å². The van der Waals surface area contributed by atoms with Crippen molar-refractivity contribution in [2.45, 2.75) is 55.7 Å². The van der Waals surface area contributed by atoms with E-state index in [0.29, 0.717) is 6.54 Å². The highest BCUT2D eigenvalue weighted by Gasteiger charge is 2.24. The summed E-state index contributed by atoms with van der Waals surface area (Å²) in [7, 11) is -3.59. The summed E-state index contributed by atoms with van der Waals surface area (Å²) in [5.41, 5.74) is 0. The Morgan fingerprint density at radius 2 is 2.04 bits per heavy atom. The standard InChI is InChI=1S/C17H26N2O5S2/c1-2-19(14-7-4-3-5-8-14)15(20)13-24-16(21)10-11-18-26(22,23)17-9-6-12-25-17/h6,9,12,14,18H,2-5,7-8,10-11,13H2,1H3. The first-order valence-electron chi connectivity index (χ1n) is 8.92. The predicted octanol–water partition coefficient (Wildman–Crippen LogP) is 2.14. The molecule has 26 heavy (non-hydrogen) atoms. The van der Waals surface area contributed by atoms with Gasteiger partial charge in [-0.05, 0) is 31.2 Å². The molecular weight excluding hydrogens is 376 g/mol. The lowest BCUT2D eigenvalue weighted by Crippen LogP contribution is -2.43. The van der Waals surface area contributed by atoms with Crippen molar-refractivity contribution >= 4 is 33.2 Å². The first-order valence-corrected chi connectivity index (χ1v) is 11.3. The lowest BCUT2D eigenvalue weighted by Gasteiger charge is -2.33. The third kappa shape index (κ3) is 6.07. The van der Waals surface area contributed by atoms with Crippen molar-refractivity contribution in [2.75, 3.05) is 19.7 Å². The molecule has 0 unspecified atom stereocenters. The molecule has 0 radical (unpaired) electrons. The van der Waals surface area contributed by atoms with Crippen molar-refractivity contribution in [3.05, 3.63) is 17.5 Å². The fourth-order valence-electron chi connectivity index (χ4n) is 3.10. The van der Waals surface area contributed by atoms with Crippen LogP contribution in [0.15, 0.2) is 21.7 Å². The van der Waals surface area contributed by atoms with E-state index < -0.39 is 16.0 Å². The first-order chi connectivity index (χ1) is 12.4. The topological polar surface area (TPSA) is 92.8 Å². The molecule has 0 saturated heterocycles. The monoisotopic (exact) mass is 402 g/mol. The molecule has 1 fully saturated rings. The highest BCUT2D eigenvalue weighted by Crippen LogP contribution is 2.22. The zero-order valence-electron chi connectivity index (χ0n) is 15.0. The van der Waals surface area contributed by atoms with Crippen LogP contribution in [0.3, 0.4) is 0 Å². The molecule has 1 aromatic heterocycles. The number of ether oxygens (including phenoxy) is 1. The normalized spacial score (nSPS) is 15.6. The van der Waals surface area contributed by atoms with Gasteiger partial charge in [-0.2, -0.15) is 0 Å². The molecule has 1 aromatic rings. The van der Waals surface area contributed by atoms with Crippen LogP contribution in [0.4, 0.5) is 0 Å². The largest absolute Gasteiger partial charge is 0.456 e. The Bertz CT molecular complexity index is 682. The number of rotatable bonds is 9. The van der Waals surface area contributed by atoms with E-state index in [0.717, 1.165) is 37.0 Å². The summed E-state index contributed by atoms with van der Waals surface area (Å²) in [6.07, 6.45) is 5.33. The maximum absolute atomic E-state index is 12.3. The van der Waals surface area contributed by atoms with Gasteiger partial charge in [0.25, 0.3) is 5.91 Å². The Morgan fingerprint density at radius 1 is 1.31 bits per heavy atom. The molecule has 0 atom stereocenters. The Labute approximate surface area is 158 Å². The summed E-state index contributed by atoms with van der Waals surface area (Å²) >= 11 is 1.11. The van der Waals surface area contributed by atoms with Gasteiger partial charge in [0.05, 0.1) is 6.42 Å². The summed E-state index contributed by atoms with van der Waals surface area (Å²) in [5.74, 6) is -0.779. The fraction of sp³-hybridized carbons (Fsp3) is 0.647. The Kier molecular flexibility index (Phi) is 8.05. The van der Waals surface area contributed by atoms with Crippen LogP contribution in [0.5, 0.6) is 0 Å². The van der Waals surface area contributed by atoms with Crippen molar-refractivity contribution in [1.29, 1.82) is 0 Å². The summed E-state index contributed by atoms with van der Waals surface area (Å²) in [6, 6.07) is 3.37. The van der Waals surface area contributed by atoms with Gasteiger partial charge >= 0.3 is 5.97 Å². The van der Waals surface area contributed by atoms with E-state index in [1.807, 2.05) is 6.92 Å². The average molecular weight is 403 g/mol. The molecule has 1 saturated carbocycles. The molecule has 0 aromatic carbocycles. The Morgan fingerprint density at radius 3 is 2.65 bits per heavy atom. The molecular formula is C17H26N2O5S2. The quantitative estimate of drug-likeness (QED) is 0.639. The number of thiophene rings is 1. The Balaban J connectivity index is 1.71. The molecule has 1 amide bonds. The summed E-state index contributed by atoms with van der Waals surface area (Å²) < 4.78 is 31.4. The maximum atomic E-state index is 12.3. The number of carbonyl (C=O) groups is 2. The third-order valence-corrected chi connectivity index (χ3v) is 7.27. The number of hydrogen-bond acceptors (Lipinski definition) is 6. The van der Waals surface area contributed by atoms with Crippen LogP contribution in [-0.4, -0.2) is 50.9 Å². The second-order valence-corrected chi connectivity index (χ2v) is 9.15. The number of hydrogen-bond donors (Lipinski definition) is 1. The van der Waals surface area contributed by atoms with Crippen LogP contribution in [0.25, 0.3) is 0 Å². The summed E-state index contributed by atoms with van der Waals surface area (Å²) in [4.78, 5) is 25.9. The number of likely N-dealkylation sites (N-methyl/N-ethyl adjacent to an activating group) is 1. The van der Waals surface area contributed by atoms with Gasteiger partial charge < -0.3 is 9.64 Å². The molecule has 1 heterocycles. The second kappa shape index (κ2) is 10.0. The zero-order valence-corrected chi connectivity index (χ0v) is 16.6.